The van der Waals surface area contributed by atoms with Crippen molar-refractivity contribution >= 4 is 11.9 Å². The fraction of sp³-hybridized carbons (Fsp3) is 0.650. The fourth-order valence-electron chi connectivity index (χ4n) is 3.05. The van der Waals surface area contributed by atoms with Crippen LogP contribution in [0, 0.1) is 5.92 Å². The highest BCUT2D eigenvalue weighted by Gasteiger charge is 2.35. The van der Waals surface area contributed by atoms with E-state index in [0.29, 0.717) is 19.0 Å². The van der Waals surface area contributed by atoms with Crippen LogP contribution < -0.4 is 10.9 Å². The molecule has 1 amide bonds. The summed E-state index contributed by atoms with van der Waals surface area (Å²) in [4.78, 5) is 38.1. The summed E-state index contributed by atoms with van der Waals surface area (Å²) in [5.74, 6) is -2.04. The number of carboxylic acids is 1. The second kappa shape index (κ2) is 10.6. The van der Waals surface area contributed by atoms with Crippen molar-refractivity contribution in [2.24, 2.45) is 5.92 Å². The number of pyridine rings is 1. The Balaban J connectivity index is 3.42. The predicted molar refractivity (Wildman–Crippen MR) is 106 cm³/mol. The maximum absolute atomic E-state index is 13.5. The van der Waals surface area contributed by atoms with E-state index in [1.165, 1.54) is 6.92 Å². The Hall–Kier alpha value is -2.36. The van der Waals surface area contributed by atoms with Crippen molar-refractivity contribution in [3.8, 4) is 0 Å². The maximum Gasteiger partial charge on any atom is 0.416 e. The van der Waals surface area contributed by atoms with Gasteiger partial charge in [-0.15, -0.1) is 0 Å². The third-order valence-corrected chi connectivity index (χ3v) is 4.58. The molecule has 0 fully saturated rings. The van der Waals surface area contributed by atoms with E-state index in [1.54, 1.807) is 27.9 Å². The van der Waals surface area contributed by atoms with E-state index in [9.17, 15) is 27.6 Å². The first-order valence-electron chi connectivity index (χ1n) is 9.74. The number of carboxylic acid groups (broad SMARTS) is 1. The van der Waals surface area contributed by atoms with Gasteiger partial charge in [0.1, 0.15) is 12.1 Å². The minimum atomic E-state index is -4.70. The SMILES string of the molecule is CC(C)C[C@@H](C(=O)NC(C)C(=O)O)n1cc(CCCN(C)C)c(C(F)(F)F)cc1=O. The normalized spacial score (nSPS) is 14.1. The molecule has 0 aliphatic rings. The smallest absolute Gasteiger partial charge is 0.416 e. The van der Waals surface area contributed by atoms with E-state index < -0.39 is 41.3 Å². The lowest BCUT2D eigenvalue weighted by molar-refractivity contribution is -0.142. The van der Waals surface area contributed by atoms with Gasteiger partial charge in [-0.25, -0.2) is 0 Å². The number of halogens is 3. The topological polar surface area (TPSA) is 91.6 Å². The Kier molecular flexibility index (Phi) is 9.08. The van der Waals surface area contributed by atoms with Crippen molar-refractivity contribution in [1.29, 1.82) is 0 Å². The molecule has 1 aromatic rings. The average molecular weight is 433 g/mol. The first-order chi connectivity index (χ1) is 13.7. The molecule has 7 nitrogen and oxygen atoms in total. The highest BCUT2D eigenvalue weighted by molar-refractivity contribution is 5.85. The summed E-state index contributed by atoms with van der Waals surface area (Å²) in [7, 11) is 3.61. The molecule has 1 heterocycles. The zero-order valence-electron chi connectivity index (χ0n) is 17.9. The molecule has 1 unspecified atom stereocenters. The number of aromatic nitrogens is 1. The lowest BCUT2D eigenvalue weighted by Gasteiger charge is -2.24. The molecule has 0 saturated heterocycles. The van der Waals surface area contributed by atoms with Crippen LogP contribution in [0.15, 0.2) is 17.1 Å². The van der Waals surface area contributed by atoms with E-state index in [2.05, 4.69) is 5.32 Å². The van der Waals surface area contributed by atoms with E-state index in [0.717, 1.165) is 10.8 Å². The molecule has 0 saturated carbocycles. The number of carbonyl (C=O) groups is 2. The molecule has 0 aromatic carbocycles. The summed E-state index contributed by atoms with van der Waals surface area (Å²) in [6.45, 7) is 5.43. The van der Waals surface area contributed by atoms with Crippen molar-refractivity contribution in [2.75, 3.05) is 20.6 Å². The van der Waals surface area contributed by atoms with Crippen LogP contribution in [0.5, 0.6) is 0 Å². The van der Waals surface area contributed by atoms with Crippen molar-refractivity contribution in [2.45, 2.75) is 58.3 Å². The molecular weight excluding hydrogens is 403 g/mol. The van der Waals surface area contributed by atoms with Crippen molar-refractivity contribution in [1.82, 2.24) is 14.8 Å². The Morgan fingerprint density at radius 1 is 1.23 bits per heavy atom. The predicted octanol–water partition coefficient (Wildman–Crippen LogP) is 2.54. The fourth-order valence-corrected chi connectivity index (χ4v) is 3.05. The van der Waals surface area contributed by atoms with Crippen LogP contribution in [0.1, 0.15) is 50.8 Å². The Labute approximate surface area is 173 Å². The summed E-state index contributed by atoms with van der Waals surface area (Å²) in [6.07, 6.45) is -2.92. The van der Waals surface area contributed by atoms with Crippen LogP contribution in [0.25, 0.3) is 0 Å². The Morgan fingerprint density at radius 3 is 2.30 bits per heavy atom. The lowest BCUT2D eigenvalue weighted by Crippen LogP contribution is -2.44. The summed E-state index contributed by atoms with van der Waals surface area (Å²) < 4.78 is 41.4. The van der Waals surface area contributed by atoms with E-state index in [-0.39, 0.29) is 24.3 Å². The van der Waals surface area contributed by atoms with Crippen molar-refractivity contribution in [3.05, 3.63) is 33.7 Å². The quantitative estimate of drug-likeness (QED) is 0.592. The zero-order valence-corrected chi connectivity index (χ0v) is 17.9. The minimum Gasteiger partial charge on any atom is -0.480 e. The number of hydrogen-bond donors (Lipinski definition) is 2. The van der Waals surface area contributed by atoms with Crippen LogP contribution in [0.2, 0.25) is 0 Å². The highest BCUT2D eigenvalue weighted by Crippen LogP contribution is 2.32. The molecule has 0 aliphatic carbocycles. The second-order valence-corrected chi connectivity index (χ2v) is 8.08. The van der Waals surface area contributed by atoms with Gasteiger partial charge in [-0.2, -0.15) is 13.2 Å². The average Bonchev–Trinajstić information content (AvgIpc) is 2.59. The number of aliphatic carboxylic acids is 1. The van der Waals surface area contributed by atoms with Crippen LogP contribution in [0.4, 0.5) is 13.2 Å². The molecule has 10 heteroatoms. The number of nitrogens with one attached hydrogen (secondary N) is 1. The zero-order chi connectivity index (χ0) is 23.2. The summed E-state index contributed by atoms with van der Waals surface area (Å²) in [5.41, 5.74) is -2.04. The standard InChI is InChI=1S/C20H30F3N3O4/c1-12(2)9-16(18(28)24-13(3)19(29)30)26-11-14(7-6-8-25(4)5)15(10-17(26)27)20(21,22)23/h10-13,16H,6-9H2,1-5H3,(H,24,28)(H,29,30)/t13?,16-/m0/s1. The van der Waals surface area contributed by atoms with Crippen LogP contribution in [-0.2, 0) is 22.2 Å². The number of aryl methyl sites for hydroxylation is 1. The lowest BCUT2D eigenvalue weighted by atomic mass is 10.00. The molecule has 1 rings (SSSR count). The van der Waals surface area contributed by atoms with Crippen LogP contribution in [0.3, 0.4) is 0 Å². The highest BCUT2D eigenvalue weighted by atomic mass is 19.4. The van der Waals surface area contributed by atoms with Gasteiger partial charge in [-0.1, -0.05) is 13.8 Å². The van der Waals surface area contributed by atoms with Gasteiger partial charge in [-0.05, 0) is 58.3 Å². The first-order valence-corrected chi connectivity index (χ1v) is 9.74. The summed E-state index contributed by atoms with van der Waals surface area (Å²) in [5, 5.41) is 11.3. The van der Waals surface area contributed by atoms with Gasteiger partial charge in [0.15, 0.2) is 0 Å². The van der Waals surface area contributed by atoms with Gasteiger partial charge < -0.3 is 19.9 Å². The second-order valence-electron chi connectivity index (χ2n) is 8.08. The van der Waals surface area contributed by atoms with Crippen molar-refractivity contribution in [3.63, 3.8) is 0 Å². The van der Waals surface area contributed by atoms with Gasteiger partial charge in [0.25, 0.3) is 5.56 Å². The van der Waals surface area contributed by atoms with Gasteiger partial charge in [-0.3, -0.25) is 14.4 Å². The number of alkyl halides is 3. The number of carbonyl (C=O) groups excluding carboxylic acids is 1. The third kappa shape index (κ3) is 7.47. The maximum atomic E-state index is 13.5. The van der Waals surface area contributed by atoms with E-state index in [4.69, 9.17) is 5.11 Å². The Bertz CT molecular complexity index is 803. The molecular formula is C20H30F3N3O4. The molecule has 0 aliphatic heterocycles. The first kappa shape index (κ1) is 25.7. The third-order valence-electron chi connectivity index (χ3n) is 4.58. The van der Waals surface area contributed by atoms with Gasteiger partial charge >= 0.3 is 12.1 Å². The number of rotatable bonds is 10. The van der Waals surface area contributed by atoms with Crippen LogP contribution in [-0.4, -0.2) is 53.1 Å². The summed E-state index contributed by atoms with van der Waals surface area (Å²) in [6, 6.07) is -1.79. The molecule has 30 heavy (non-hydrogen) atoms. The Morgan fingerprint density at radius 2 is 1.83 bits per heavy atom. The molecule has 2 atom stereocenters. The van der Waals surface area contributed by atoms with Crippen LogP contribution >= 0.6 is 0 Å². The van der Waals surface area contributed by atoms with E-state index in [1.807, 2.05) is 4.90 Å². The number of nitrogens with zero attached hydrogens (tertiary/aromatic N) is 2. The minimum absolute atomic E-state index is 0.0627. The van der Waals surface area contributed by atoms with Gasteiger partial charge in [0.05, 0.1) is 5.56 Å². The largest absolute Gasteiger partial charge is 0.480 e. The van der Waals surface area contributed by atoms with Crippen molar-refractivity contribution < 1.29 is 27.9 Å². The summed E-state index contributed by atoms with van der Waals surface area (Å²) >= 11 is 0. The molecule has 1 aromatic heterocycles. The molecule has 2 N–H and O–H groups in total. The number of hydrogen-bond acceptors (Lipinski definition) is 4. The van der Waals surface area contributed by atoms with Gasteiger partial charge in [0.2, 0.25) is 5.91 Å². The molecule has 170 valence electrons. The molecule has 0 radical (unpaired) electrons. The van der Waals surface area contributed by atoms with E-state index >= 15 is 0 Å². The van der Waals surface area contributed by atoms with Gasteiger partial charge in [0, 0.05) is 12.3 Å². The molecule has 0 spiro atoms. The monoisotopic (exact) mass is 433 g/mol. The number of amides is 1. The molecule has 0 bridgehead atoms.